The fourth-order valence-electron chi connectivity index (χ4n) is 2.82. The minimum Gasteiger partial charge on any atom is -0.496 e. The van der Waals surface area contributed by atoms with Crippen LogP contribution in [-0.2, 0) is 4.79 Å². The highest BCUT2D eigenvalue weighted by Gasteiger charge is 2.22. The summed E-state index contributed by atoms with van der Waals surface area (Å²) < 4.78 is 11.3. The molecule has 0 heterocycles. The Hall–Kier alpha value is -2.49. The lowest BCUT2D eigenvalue weighted by Crippen LogP contribution is -2.39. The second kappa shape index (κ2) is 8.56. The van der Waals surface area contributed by atoms with Crippen molar-refractivity contribution >= 4 is 5.91 Å². The van der Waals surface area contributed by atoms with E-state index in [-0.39, 0.29) is 11.9 Å². The minimum absolute atomic E-state index is 0.124. The smallest absolute Gasteiger partial charge is 0.261 e. The topological polar surface area (TPSA) is 47.6 Å². The molecule has 0 aliphatic carbocycles. The molecule has 0 saturated heterocycles. The van der Waals surface area contributed by atoms with Crippen molar-refractivity contribution in [2.45, 2.75) is 46.3 Å². The summed E-state index contributed by atoms with van der Waals surface area (Å²) >= 11 is 0. The van der Waals surface area contributed by atoms with Crippen LogP contribution >= 0.6 is 0 Å². The number of amides is 1. The second-order valence-corrected chi connectivity index (χ2v) is 6.26. The molecule has 134 valence electrons. The molecule has 2 aromatic rings. The molecule has 0 aliphatic rings. The van der Waals surface area contributed by atoms with Gasteiger partial charge in [-0.05, 0) is 44.9 Å². The van der Waals surface area contributed by atoms with Crippen LogP contribution in [0.2, 0.25) is 0 Å². The van der Waals surface area contributed by atoms with Crippen molar-refractivity contribution in [3.8, 4) is 11.5 Å². The monoisotopic (exact) mass is 341 g/mol. The van der Waals surface area contributed by atoms with Gasteiger partial charge in [0.1, 0.15) is 11.5 Å². The van der Waals surface area contributed by atoms with Gasteiger partial charge >= 0.3 is 0 Å². The lowest BCUT2D eigenvalue weighted by Gasteiger charge is -2.22. The summed E-state index contributed by atoms with van der Waals surface area (Å²) in [5.74, 6) is 1.39. The standard InChI is InChI=1S/C21H27NO3/c1-6-18(25-19-12-11-14(2)13-15(19)3)21(23)22-16(4)17-9-7-8-10-20(17)24-5/h7-13,16,18H,6H2,1-5H3,(H,22,23)/t16-,18-/m0/s1. The Morgan fingerprint density at radius 2 is 1.84 bits per heavy atom. The lowest BCUT2D eigenvalue weighted by atomic mass is 10.1. The first-order valence-electron chi connectivity index (χ1n) is 8.63. The van der Waals surface area contributed by atoms with Crippen molar-refractivity contribution in [3.05, 3.63) is 59.2 Å². The van der Waals surface area contributed by atoms with E-state index in [0.717, 1.165) is 22.6 Å². The Morgan fingerprint density at radius 3 is 2.48 bits per heavy atom. The molecule has 0 unspecified atom stereocenters. The van der Waals surface area contributed by atoms with Crippen molar-refractivity contribution in [1.82, 2.24) is 5.32 Å². The van der Waals surface area contributed by atoms with Crippen LogP contribution in [0.15, 0.2) is 42.5 Å². The van der Waals surface area contributed by atoms with Crippen molar-refractivity contribution in [3.63, 3.8) is 0 Å². The van der Waals surface area contributed by atoms with Crippen LogP contribution < -0.4 is 14.8 Å². The summed E-state index contributed by atoms with van der Waals surface area (Å²) in [6, 6.07) is 13.5. The van der Waals surface area contributed by atoms with E-state index in [4.69, 9.17) is 9.47 Å². The number of carbonyl (C=O) groups is 1. The maximum absolute atomic E-state index is 12.7. The molecular weight excluding hydrogens is 314 g/mol. The molecule has 0 aliphatic heterocycles. The average molecular weight is 341 g/mol. The third-order valence-corrected chi connectivity index (χ3v) is 4.23. The molecule has 0 fully saturated rings. The van der Waals surface area contributed by atoms with Gasteiger partial charge in [-0.3, -0.25) is 4.79 Å². The van der Waals surface area contributed by atoms with Gasteiger partial charge in [0.2, 0.25) is 0 Å². The normalized spacial score (nSPS) is 13.0. The summed E-state index contributed by atoms with van der Waals surface area (Å²) in [6.07, 6.45) is 0.0659. The van der Waals surface area contributed by atoms with Crippen molar-refractivity contribution in [2.24, 2.45) is 0 Å². The van der Waals surface area contributed by atoms with Crippen LogP contribution in [0.1, 0.15) is 43.0 Å². The third kappa shape index (κ3) is 4.75. The number of hydrogen-bond donors (Lipinski definition) is 1. The molecule has 0 saturated carbocycles. The van der Waals surface area contributed by atoms with Crippen LogP contribution in [0.25, 0.3) is 0 Å². The largest absolute Gasteiger partial charge is 0.496 e. The number of benzene rings is 2. The number of rotatable bonds is 7. The first-order chi connectivity index (χ1) is 12.0. The van der Waals surface area contributed by atoms with Gasteiger partial charge in [-0.1, -0.05) is 42.8 Å². The van der Waals surface area contributed by atoms with Crippen molar-refractivity contribution in [2.75, 3.05) is 7.11 Å². The van der Waals surface area contributed by atoms with Crippen molar-refractivity contribution < 1.29 is 14.3 Å². The first-order valence-corrected chi connectivity index (χ1v) is 8.63. The number of aryl methyl sites for hydroxylation is 2. The number of hydrogen-bond acceptors (Lipinski definition) is 3. The number of nitrogens with one attached hydrogen (secondary N) is 1. The van der Waals surface area contributed by atoms with Crippen LogP contribution in [0.3, 0.4) is 0 Å². The van der Waals surface area contributed by atoms with Crippen LogP contribution in [0.4, 0.5) is 0 Å². The summed E-state index contributed by atoms with van der Waals surface area (Å²) in [5.41, 5.74) is 3.15. The molecule has 0 radical (unpaired) electrons. The van der Waals surface area contributed by atoms with Gasteiger partial charge in [-0.15, -0.1) is 0 Å². The maximum Gasteiger partial charge on any atom is 0.261 e. The first kappa shape index (κ1) is 18.8. The van der Waals surface area contributed by atoms with Gasteiger partial charge in [0.15, 0.2) is 6.10 Å². The number of methoxy groups -OCH3 is 1. The Labute approximate surface area is 150 Å². The fraction of sp³-hybridized carbons (Fsp3) is 0.381. The van der Waals surface area contributed by atoms with Gasteiger partial charge in [0, 0.05) is 5.56 Å². The van der Waals surface area contributed by atoms with Gasteiger partial charge in [-0.25, -0.2) is 0 Å². The highest BCUT2D eigenvalue weighted by molar-refractivity contribution is 5.81. The second-order valence-electron chi connectivity index (χ2n) is 6.26. The summed E-state index contributed by atoms with van der Waals surface area (Å²) in [4.78, 5) is 12.7. The molecule has 4 nitrogen and oxygen atoms in total. The van der Waals surface area contributed by atoms with Gasteiger partial charge in [0.25, 0.3) is 5.91 Å². The minimum atomic E-state index is -0.529. The predicted molar refractivity (Wildman–Crippen MR) is 100 cm³/mol. The van der Waals surface area contributed by atoms with E-state index >= 15 is 0 Å². The molecule has 0 spiro atoms. The van der Waals surface area contributed by atoms with Gasteiger partial charge in [-0.2, -0.15) is 0 Å². The lowest BCUT2D eigenvalue weighted by molar-refractivity contribution is -0.128. The SMILES string of the molecule is CC[C@H](Oc1ccc(C)cc1C)C(=O)N[C@@H](C)c1ccccc1OC. The van der Waals surface area contributed by atoms with Gasteiger partial charge in [0.05, 0.1) is 13.2 Å². The maximum atomic E-state index is 12.7. The zero-order chi connectivity index (χ0) is 18.4. The van der Waals surface area contributed by atoms with E-state index in [2.05, 4.69) is 11.4 Å². The average Bonchev–Trinajstić information content (AvgIpc) is 2.60. The molecule has 1 amide bonds. The Kier molecular flexibility index (Phi) is 6.45. The molecule has 2 atom stereocenters. The Morgan fingerprint density at radius 1 is 1.12 bits per heavy atom. The summed E-state index contributed by atoms with van der Waals surface area (Å²) in [5, 5.41) is 3.03. The molecule has 25 heavy (non-hydrogen) atoms. The van der Waals surface area contributed by atoms with E-state index in [0.29, 0.717) is 6.42 Å². The zero-order valence-corrected chi connectivity index (χ0v) is 15.6. The van der Waals surface area contributed by atoms with Gasteiger partial charge < -0.3 is 14.8 Å². The number of carbonyl (C=O) groups excluding carboxylic acids is 1. The molecular formula is C21H27NO3. The Bertz CT molecular complexity index is 727. The van der Waals surface area contributed by atoms with Crippen molar-refractivity contribution in [1.29, 1.82) is 0 Å². The molecule has 0 bridgehead atoms. The molecule has 0 aromatic heterocycles. The van der Waals surface area contributed by atoms with E-state index in [9.17, 15) is 4.79 Å². The quantitative estimate of drug-likeness (QED) is 0.814. The summed E-state index contributed by atoms with van der Waals surface area (Å²) in [6.45, 7) is 7.92. The fourth-order valence-corrected chi connectivity index (χ4v) is 2.82. The third-order valence-electron chi connectivity index (χ3n) is 4.23. The van der Waals surface area contributed by atoms with E-state index in [1.807, 2.05) is 64.1 Å². The van der Waals surface area contributed by atoms with E-state index in [1.54, 1.807) is 7.11 Å². The number of ether oxygens (including phenoxy) is 2. The highest BCUT2D eigenvalue weighted by Crippen LogP contribution is 2.25. The molecule has 1 N–H and O–H groups in total. The van der Waals surface area contributed by atoms with Crippen LogP contribution in [0, 0.1) is 13.8 Å². The predicted octanol–water partition coefficient (Wildman–Crippen LogP) is 4.35. The van der Waals surface area contributed by atoms with E-state index < -0.39 is 6.10 Å². The Balaban J connectivity index is 2.09. The van der Waals surface area contributed by atoms with E-state index in [1.165, 1.54) is 5.56 Å². The molecule has 2 aromatic carbocycles. The molecule has 4 heteroatoms. The molecule has 2 rings (SSSR count). The highest BCUT2D eigenvalue weighted by atomic mass is 16.5. The number of para-hydroxylation sites is 1. The van der Waals surface area contributed by atoms with Crippen LogP contribution in [-0.4, -0.2) is 19.1 Å². The summed E-state index contributed by atoms with van der Waals surface area (Å²) in [7, 11) is 1.63. The van der Waals surface area contributed by atoms with Crippen LogP contribution in [0.5, 0.6) is 11.5 Å². The zero-order valence-electron chi connectivity index (χ0n) is 15.6.